The average molecular weight is 348 g/mol. The Morgan fingerprint density at radius 2 is 1.81 bits per heavy atom. The molecule has 0 saturated carbocycles. The number of benzene rings is 2. The number of nitrogens with zero attached hydrogens (tertiary/aromatic N) is 5. The van der Waals surface area contributed by atoms with Crippen molar-refractivity contribution in [2.45, 2.75) is 0 Å². The van der Waals surface area contributed by atoms with Crippen LogP contribution in [0.25, 0.3) is 33.1 Å². The van der Waals surface area contributed by atoms with E-state index in [9.17, 15) is 8.78 Å². The molecule has 0 aliphatic carbocycles. The zero-order valence-electron chi connectivity index (χ0n) is 13.2. The highest BCUT2D eigenvalue weighted by atomic mass is 19.1. The fourth-order valence-electron chi connectivity index (χ4n) is 2.59. The van der Waals surface area contributed by atoms with Crippen LogP contribution in [0.2, 0.25) is 0 Å². The molecular weight excluding hydrogens is 338 g/mol. The van der Waals surface area contributed by atoms with Crippen molar-refractivity contribution in [1.82, 2.24) is 19.5 Å². The molecule has 0 fully saturated rings. The molecule has 0 saturated heterocycles. The average Bonchev–Trinajstić information content (AvgIpc) is 3.06. The smallest absolute Gasteiger partial charge is 0.187 e. The van der Waals surface area contributed by atoms with Crippen molar-refractivity contribution in [1.29, 1.82) is 0 Å². The lowest BCUT2D eigenvalue weighted by Gasteiger charge is -2.07. The largest absolute Gasteiger partial charge is 0.382 e. The minimum Gasteiger partial charge on any atom is -0.382 e. The summed E-state index contributed by atoms with van der Waals surface area (Å²) in [7, 11) is 0. The van der Waals surface area contributed by atoms with Crippen molar-refractivity contribution in [3.63, 3.8) is 0 Å². The summed E-state index contributed by atoms with van der Waals surface area (Å²) in [5.41, 5.74) is 7.95. The van der Waals surface area contributed by atoms with Gasteiger partial charge in [0.05, 0.1) is 12.1 Å². The van der Waals surface area contributed by atoms with Crippen LogP contribution in [0.1, 0.15) is 0 Å². The first-order valence-corrected chi connectivity index (χ1v) is 7.50. The van der Waals surface area contributed by atoms with Gasteiger partial charge >= 0.3 is 0 Å². The normalized spacial score (nSPS) is 10.8. The van der Waals surface area contributed by atoms with Crippen molar-refractivity contribution in [3.8, 4) is 17.1 Å². The molecule has 2 heterocycles. The molecular formula is C18H10F2N6. The number of anilines is 1. The van der Waals surface area contributed by atoms with E-state index in [2.05, 4.69) is 19.8 Å². The van der Waals surface area contributed by atoms with Crippen LogP contribution in [0.3, 0.4) is 0 Å². The molecule has 2 aromatic carbocycles. The summed E-state index contributed by atoms with van der Waals surface area (Å²) in [6, 6.07) is 9.97. The van der Waals surface area contributed by atoms with E-state index < -0.39 is 11.6 Å². The summed E-state index contributed by atoms with van der Waals surface area (Å²) in [5.74, 6) is -1.35. The van der Waals surface area contributed by atoms with Crippen LogP contribution in [-0.4, -0.2) is 19.5 Å². The Morgan fingerprint density at radius 1 is 1.04 bits per heavy atom. The van der Waals surface area contributed by atoms with Crippen LogP contribution in [-0.2, 0) is 0 Å². The van der Waals surface area contributed by atoms with E-state index in [1.54, 1.807) is 28.8 Å². The minimum atomic E-state index is -0.781. The molecule has 126 valence electrons. The second-order valence-electron chi connectivity index (χ2n) is 5.47. The highest BCUT2D eigenvalue weighted by molar-refractivity contribution is 5.85. The van der Waals surface area contributed by atoms with E-state index in [-0.39, 0.29) is 17.2 Å². The van der Waals surface area contributed by atoms with Crippen molar-refractivity contribution < 1.29 is 8.78 Å². The summed E-state index contributed by atoms with van der Waals surface area (Å²) in [4.78, 5) is 16.0. The van der Waals surface area contributed by atoms with E-state index in [1.807, 2.05) is 0 Å². The van der Waals surface area contributed by atoms with Gasteiger partial charge in [0.25, 0.3) is 0 Å². The monoisotopic (exact) mass is 348 g/mol. The third kappa shape index (κ3) is 2.52. The summed E-state index contributed by atoms with van der Waals surface area (Å²) < 4.78 is 28.9. The Labute approximate surface area is 146 Å². The summed E-state index contributed by atoms with van der Waals surface area (Å²) >= 11 is 0. The maximum Gasteiger partial charge on any atom is 0.187 e. The topological polar surface area (TPSA) is 74.0 Å². The van der Waals surface area contributed by atoms with Gasteiger partial charge in [0.2, 0.25) is 0 Å². The number of nitrogens with two attached hydrogens (primary N) is 1. The molecule has 4 aromatic rings. The first-order chi connectivity index (χ1) is 12.6. The van der Waals surface area contributed by atoms with Gasteiger partial charge in [-0.05, 0) is 24.3 Å². The van der Waals surface area contributed by atoms with E-state index in [0.29, 0.717) is 22.5 Å². The SMILES string of the molecule is [C-]#[N+]c1ccc(-n2cnc3c(N)nc(-c4ccc(F)cc4F)nc32)cc1. The van der Waals surface area contributed by atoms with Crippen LogP contribution in [0.15, 0.2) is 48.8 Å². The summed E-state index contributed by atoms with van der Waals surface area (Å²) in [6.07, 6.45) is 1.52. The predicted octanol–water partition coefficient (Wildman–Crippen LogP) is 3.89. The molecule has 26 heavy (non-hydrogen) atoms. The quantitative estimate of drug-likeness (QED) is 0.558. The van der Waals surface area contributed by atoms with Gasteiger partial charge in [-0.3, -0.25) is 4.57 Å². The molecule has 0 bridgehead atoms. The van der Waals surface area contributed by atoms with Crippen molar-refractivity contribution >= 4 is 22.7 Å². The molecule has 0 spiro atoms. The Balaban J connectivity index is 1.91. The zero-order chi connectivity index (χ0) is 18.3. The van der Waals surface area contributed by atoms with Gasteiger partial charge in [-0.1, -0.05) is 12.1 Å². The van der Waals surface area contributed by atoms with E-state index >= 15 is 0 Å². The van der Waals surface area contributed by atoms with Gasteiger partial charge in [-0.15, -0.1) is 0 Å². The van der Waals surface area contributed by atoms with Gasteiger partial charge in [-0.2, -0.15) is 0 Å². The van der Waals surface area contributed by atoms with Crippen LogP contribution in [0.5, 0.6) is 0 Å². The van der Waals surface area contributed by atoms with Crippen LogP contribution in [0.4, 0.5) is 20.3 Å². The predicted molar refractivity (Wildman–Crippen MR) is 92.7 cm³/mol. The van der Waals surface area contributed by atoms with Gasteiger partial charge < -0.3 is 5.73 Å². The number of imidazole rings is 1. The molecule has 0 aliphatic heterocycles. The van der Waals surface area contributed by atoms with Crippen molar-refractivity contribution in [2.75, 3.05) is 5.73 Å². The number of aromatic nitrogens is 4. The summed E-state index contributed by atoms with van der Waals surface area (Å²) in [6.45, 7) is 7.01. The Morgan fingerprint density at radius 3 is 2.50 bits per heavy atom. The van der Waals surface area contributed by atoms with Crippen molar-refractivity contribution in [3.05, 3.63) is 71.8 Å². The molecule has 0 aliphatic rings. The van der Waals surface area contributed by atoms with Crippen LogP contribution in [0, 0.1) is 18.2 Å². The number of fused-ring (bicyclic) bond motifs is 1. The van der Waals surface area contributed by atoms with Crippen LogP contribution < -0.4 is 5.73 Å². The third-order valence-corrected chi connectivity index (χ3v) is 3.85. The molecule has 2 aromatic heterocycles. The maximum absolute atomic E-state index is 14.1. The molecule has 0 unspecified atom stereocenters. The highest BCUT2D eigenvalue weighted by Gasteiger charge is 2.16. The number of hydrogen-bond donors (Lipinski definition) is 1. The van der Waals surface area contributed by atoms with Gasteiger partial charge in [0.15, 0.2) is 28.5 Å². The fraction of sp³-hybridized carbons (Fsp3) is 0. The fourth-order valence-corrected chi connectivity index (χ4v) is 2.59. The second-order valence-corrected chi connectivity index (χ2v) is 5.47. The summed E-state index contributed by atoms with van der Waals surface area (Å²) in [5, 5.41) is 0. The maximum atomic E-state index is 14.1. The zero-order valence-corrected chi connectivity index (χ0v) is 13.2. The van der Waals surface area contributed by atoms with Gasteiger partial charge in [-0.25, -0.2) is 28.6 Å². The van der Waals surface area contributed by atoms with Crippen molar-refractivity contribution in [2.24, 2.45) is 0 Å². The third-order valence-electron chi connectivity index (χ3n) is 3.85. The molecule has 6 nitrogen and oxygen atoms in total. The number of nitrogen functional groups attached to an aromatic ring is 1. The van der Waals surface area contributed by atoms with E-state index in [0.717, 1.165) is 12.1 Å². The van der Waals surface area contributed by atoms with E-state index in [1.165, 1.54) is 12.4 Å². The lowest BCUT2D eigenvalue weighted by molar-refractivity contribution is 0.585. The second kappa shape index (κ2) is 5.89. The van der Waals surface area contributed by atoms with Gasteiger partial charge in [0, 0.05) is 11.8 Å². The Hall–Kier alpha value is -3.86. The number of halogens is 2. The standard InChI is InChI=1S/C18H10F2N6/c1-22-11-3-5-12(6-4-11)26-9-23-15-16(21)24-17(25-18(15)26)13-7-2-10(19)8-14(13)20/h2-9H,(H2,21,24,25). The molecule has 8 heteroatoms. The molecule has 0 atom stereocenters. The number of hydrogen-bond acceptors (Lipinski definition) is 4. The number of rotatable bonds is 2. The molecule has 0 amide bonds. The van der Waals surface area contributed by atoms with Crippen LogP contribution >= 0.6 is 0 Å². The van der Waals surface area contributed by atoms with E-state index in [4.69, 9.17) is 12.3 Å². The minimum absolute atomic E-state index is 0.0343. The van der Waals surface area contributed by atoms with Gasteiger partial charge in [0.1, 0.15) is 18.0 Å². The first-order valence-electron chi connectivity index (χ1n) is 7.50. The highest BCUT2D eigenvalue weighted by Crippen LogP contribution is 2.26. The molecule has 0 radical (unpaired) electrons. The Kier molecular flexibility index (Phi) is 3.55. The lowest BCUT2D eigenvalue weighted by Crippen LogP contribution is -2.01. The lowest BCUT2D eigenvalue weighted by atomic mass is 10.2. The Bertz CT molecular complexity index is 1170. The molecule has 2 N–H and O–H groups in total. The first kappa shape index (κ1) is 15.7. The molecule has 4 rings (SSSR count).